The zero-order valence-corrected chi connectivity index (χ0v) is 13.5. The number of rotatable bonds is 5. The number of aromatic carboxylic acids is 1. The van der Waals surface area contributed by atoms with Crippen molar-refractivity contribution in [1.82, 2.24) is 14.8 Å². The molecule has 7 heteroatoms. The van der Waals surface area contributed by atoms with E-state index in [1.54, 1.807) is 11.8 Å². The Hall–Kier alpha value is -2.67. The molecule has 0 atom stereocenters. The van der Waals surface area contributed by atoms with Gasteiger partial charge in [-0.25, -0.2) is 14.5 Å². The minimum Gasteiger partial charge on any atom is -0.497 e. The van der Waals surface area contributed by atoms with Crippen molar-refractivity contribution in [3.05, 3.63) is 47.1 Å². The van der Waals surface area contributed by atoms with Gasteiger partial charge in [0.25, 0.3) is 0 Å². The van der Waals surface area contributed by atoms with Crippen LogP contribution in [0.1, 0.15) is 23.0 Å². The number of ether oxygens (including phenoxy) is 1. The molecule has 1 aromatic carbocycles. The van der Waals surface area contributed by atoms with Gasteiger partial charge in [0, 0.05) is 10.9 Å². The van der Waals surface area contributed by atoms with Gasteiger partial charge in [0.15, 0.2) is 0 Å². The van der Waals surface area contributed by atoms with Gasteiger partial charge < -0.3 is 9.84 Å². The Morgan fingerprint density at radius 3 is 2.70 bits per heavy atom. The van der Waals surface area contributed by atoms with E-state index in [-0.39, 0.29) is 5.56 Å². The Morgan fingerprint density at radius 2 is 2.09 bits per heavy atom. The summed E-state index contributed by atoms with van der Waals surface area (Å²) in [6.45, 7) is 1.90. The fourth-order valence-electron chi connectivity index (χ4n) is 2.31. The summed E-state index contributed by atoms with van der Waals surface area (Å²) in [4.78, 5) is 15.8. The number of nitrogens with zero attached hydrogens (tertiary/aromatic N) is 3. The largest absolute Gasteiger partial charge is 0.497 e. The highest BCUT2D eigenvalue weighted by Crippen LogP contribution is 2.27. The minimum atomic E-state index is -0.972. The summed E-state index contributed by atoms with van der Waals surface area (Å²) in [6.07, 6.45) is 1.94. The van der Waals surface area contributed by atoms with Crippen LogP contribution in [0.25, 0.3) is 16.4 Å². The SMILES string of the molecule is CCc1c(C(=O)O)cnn1-c1nc(-c2ccc(OC)cc2)cs1. The highest BCUT2D eigenvalue weighted by molar-refractivity contribution is 7.12. The molecule has 0 unspecified atom stereocenters. The van der Waals surface area contributed by atoms with E-state index in [1.165, 1.54) is 17.5 Å². The summed E-state index contributed by atoms with van der Waals surface area (Å²) in [5.41, 5.74) is 2.65. The lowest BCUT2D eigenvalue weighted by molar-refractivity contribution is 0.0695. The second-order valence-electron chi connectivity index (χ2n) is 4.82. The number of hydrogen-bond acceptors (Lipinski definition) is 5. The second kappa shape index (κ2) is 6.21. The van der Waals surface area contributed by atoms with E-state index in [1.807, 2.05) is 36.6 Å². The number of carbonyl (C=O) groups is 1. The topological polar surface area (TPSA) is 77.2 Å². The minimum absolute atomic E-state index is 0.216. The number of methoxy groups -OCH3 is 1. The summed E-state index contributed by atoms with van der Waals surface area (Å²) >= 11 is 1.43. The first-order valence-electron chi connectivity index (χ1n) is 7.04. The summed E-state index contributed by atoms with van der Waals surface area (Å²) in [5, 5.41) is 16.0. The van der Waals surface area contributed by atoms with Gasteiger partial charge >= 0.3 is 5.97 Å². The number of thiazole rings is 1. The van der Waals surface area contributed by atoms with Crippen LogP contribution in [-0.2, 0) is 6.42 Å². The lowest BCUT2D eigenvalue weighted by Gasteiger charge is -2.03. The van der Waals surface area contributed by atoms with Crippen molar-refractivity contribution < 1.29 is 14.6 Å². The van der Waals surface area contributed by atoms with Gasteiger partial charge in [0.2, 0.25) is 5.13 Å². The van der Waals surface area contributed by atoms with Crippen LogP contribution in [-0.4, -0.2) is 33.0 Å². The number of aromatic nitrogens is 3. The molecular weight excluding hydrogens is 314 g/mol. The molecule has 6 nitrogen and oxygen atoms in total. The standard InChI is InChI=1S/C16H15N3O3S/c1-3-14-12(15(20)21)8-17-19(14)16-18-13(9-23-16)10-4-6-11(22-2)7-5-10/h4-9H,3H2,1-2H3,(H,20,21). The van der Waals surface area contributed by atoms with Crippen LogP contribution in [0.3, 0.4) is 0 Å². The van der Waals surface area contributed by atoms with E-state index in [0.29, 0.717) is 17.2 Å². The molecule has 0 amide bonds. The molecule has 0 saturated heterocycles. The molecule has 118 valence electrons. The number of hydrogen-bond donors (Lipinski definition) is 1. The first-order valence-corrected chi connectivity index (χ1v) is 7.92. The highest BCUT2D eigenvalue weighted by Gasteiger charge is 2.18. The van der Waals surface area contributed by atoms with Gasteiger partial charge in [0.1, 0.15) is 11.3 Å². The van der Waals surface area contributed by atoms with Gasteiger partial charge in [-0.1, -0.05) is 6.92 Å². The van der Waals surface area contributed by atoms with Crippen molar-refractivity contribution in [2.45, 2.75) is 13.3 Å². The summed E-state index contributed by atoms with van der Waals surface area (Å²) in [5.74, 6) is -0.185. The van der Waals surface area contributed by atoms with Crippen molar-refractivity contribution >= 4 is 17.3 Å². The Balaban J connectivity index is 1.97. The van der Waals surface area contributed by atoms with Crippen molar-refractivity contribution in [2.75, 3.05) is 7.11 Å². The Bertz CT molecular complexity index is 837. The third-order valence-corrected chi connectivity index (χ3v) is 4.31. The number of carboxylic acid groups (broad SMARTS) is 1. The van der Waals surface area contributed by atoms with Gasteiger partial charge in [-0.3, -0.25) is 0 Å². The van der Waals surface area contributed by atoms with Crippen LogP contribution in [0.5, 0.6) is 5.75 Å². The smallest absolute Gasteiger partial charge is 0.339 e. The second-order valence-corrected chi connectivity index (χ2v) is 5.66. The third-order valence-electron chi connectivity index (χ3n) is 3.49. The van der Waals surface area contributed by atoms with E-state index >= 15 is 0 Å². The quantitative estimate of drug-likeness (QED) is 0.777. The molecule has 0 aliphatic heterocycles. The molecule has 0 spiro atoms. The molecule has 2 aromatic heterocycles. The maximum atomic E-state index is 11.2. The molecule has 3 aromatic rings. The zero-order chi connectivity index (χ0) is 16.4. The predicted molar refractivity (Wildman–Crippen MR) is 87.6 cm³/mol. The molecule has 0 radical (unpaired) electrons. The first-order chi connectivity index (χ1) is 11.1. The van der Waals surface area contributed by atoms with Crippen molar-refractivity contribution in [1.29, 1.82) is 0 Å². The fourth-order valence-corrected chi connectivity index (χ4v) is 3.13. The lowest BCUT2D eigenvalue weighted by atomic mass is 10.2. The molecule has 0 aliphatic rings. The maximum Gasteiger partial charge on any atom is 0.339 e. The average Bonchev–Trinajstić information content (AvgIpc) is 3.21. The van der Waals surface area contributed by atoms with Gasteiger partial charge in [-0.2, -0.15) is 5.10 Å². The van der Waals surface area contributed by atoms with Crippen molar-refractivity contribution in [2.24, 2.45) is 0 Å². The molecule has 0 saturated carbocycles. The molecule has 0 aliphatic carbocycles. The fraction of sp³-hybridized carbons (Fsp3) is 0.188. The first kappa shape index (κ1) is 15.2. The average molecular weight is 329 g/mol. The molecule has 1 N–H and O–H groups in total. The van der Waals surface area contributed by atoms with Gasteiger partial charge in [0.05, 0.1) is 24.7 Å². The van der Waals surface area contributed by atoms with E-state index in [4.69, 9.17) is 4.74 Å². The molecule has 2 heterocycles. The van der Waals surface area contributed by atoms with E-state index < -0.39 is 5.97 Å². The predicted octanol–water partition coefficient (Wildman–Crippen LogP) is 3.27. The summed E-state index contributed by atoms with van der Waals surface area (Å²) < 4.78 is 6.75. The van der Waals surface area contributed by atoms with Crippen molar-refractivity contribution in [3.63, 3.8) is 0 Å². The highest BCUT2D eigenvalue weighted by atomic mass is 32.1. The van der Waals surface area contributed by atoms with Crippen molar-refractivity contribution in [3.8, 4) is 22.1 Å². The van der Waals surface area contributed by atoms with Crippen LogP contribution in [0.15, 0.2) is 35.8 Å². The van der Waals surface area contributed by atoms with E-state index in [2.05, 4.69) is 10.1 Å². The molecule has 0 bridgehead atoms. The van der Waals surface area contributed by atoms with E-state index in [9.17, 15) is 9.90 Å². The summed E-state index contributed by atoms with van der Waals surface area (Å²) in [6, 6.07) is 7.62. The van der Waals surface area contributed by atoms with Gasteiger partial charge in [-0.05, 0) is 30.7 Å². The Kier molecular flexibility index (Phi) is 4.12. The van der Waals surface area contributed by atoms with Crippen LogP contribution >= 0.6 is 11.3 Å². The van der Waals surface area contributed by atoms with Crippen LogP contribution in [0, 0.1) is 0 Å². The van der Waals surface area contributed by atoms with Crippen LogP contribution in [0.2, 0.25) is 0 Å². The lowest BCUT2D eigenvalue weighted by Crippen LogP contribution is -2.05. The van der Waals surface area contributed by atoms with Gasteiger partial charge in [-0.15, -0.1) is 11.3 Å². The summed E-state index contributed by atoms with van der Waals surface area (Å²) in [7, 11) is 1.62. The van der Waals surface area contributed by atoms with E-state index in [0.717, 1.165) is 17.0 Å². The maximum absolute atomic E-state index is 11.2. The van der Waals surface area contributed by atoms with Crippen LogP contribution < -0.4 is 4.74 Å². The van der Waals surface area contributed by atoms with Crippen LogP contribution in [0.4, 0.5) is 0 Å². The zero-order valence-electron chi connectivity index (χ0n) is 12.7. The Labute approximate surface area is 137 Å². The molecule has 0 fully saturated rings. The monoisotopic (exact) mass is 329 g/mol. The molecule has 23 heavy (non-hydrogen) atoms. The molecule has 3 rings (SSSR count). The number of carboxylic acids is 1. The third kappa shape index (κ3) is 2.83. The normalized spacial score (nSPS) is 10.7. The number of benzene rings is 1. The molecular formula is C16H15N3O3S. The Morgan fingerprint density at radius 1 is 1.35 bits per heavy atom.